The number of nitrogens with one attached hydrogen (secondary N) is 1. The number of hydrogen-bond acceptors (Lipinski definition) is 2. The molecule has 3 nitrogen and oxygen atoms in total. The van der Waals surface area contributed by atoms with Gasteiger partial charge in [0.1, 0.15) is 17.7 Å². The molecule has 0 aromatic heterocycles. The molecule has 1 fully saturated rings. The summed E-state index contributed by atoms with van der Waals surface area (Å²) in [6.45, 7) is 0.454. The molecule has 0 bridgehead atoms. The van der Waals surface area contributed by atoms with E-state index in [0.29, 0.717) is 13.0 Å². The van der Waals surface area contributed by atoms with Crippen LogP contribution in [0, 0.1) is 11.6 Å². The molecule has 16 heavy (non-hydrogen) atoms. The minimum absolute atomic E-state index is 0.125. The first-order valence-corrected chi connectivity index (χ1v) is 5.01. The van der Waals surface area contributed by atoms with Gasteiger partial charge in [-0.1, -0.05) is 6.07 Å². The van der Waals surface area contributed by atoms with Gasteiger partial charge in [-0.3, -0.25) is 4.79 Å². The van der Waals surface area contributed by atoms with E-state index in [1.54, 1.807) is 0 Å². The van der Waals surface area contributed by atoms with E-state index < -0.39 is 29.6 Å². The van der Waals surface area contributed by atoms with Gasteiger partial charge in [0.2, 0.25) is 0 Å². The normalized spacial score (nSPS) is 24.6. The van der Waals surface area contributed by atoms with Gasteiger partial charge in [-0.2, -0.15) is 0 Å². The third-order valence-corrected chi connectivity index (χ3v) is 2.86. The van der Waals surface area contributed by atoms with Gasteiger partial charge in [-0.15, -0.1) is 0 Å². The molecule has 2 N–H and O–H groups in total. The smallest absolute Gasteiger partial charge is 0.321 e. The van der Waals surface area contributed by atoms with Crippen molar-refractivity contribution >= 4 is 5.97 Å². The Labute approximate surface area is 91.1 Å². The van der Waals surface area contributed by atoms with Crippen LogP contribution in [0.15, 0.2) is 18.2 Å². The summed E-state index contributed by atoms with van der Waals surface area (Å²) in [5.74, 6) is -3.08. The molecule has 0 amide bonds. The number of carbonyl (C=O) groups is 1. The van der Waals surface area contributed by atoms with Gasteiger partial charge in [0.25, 0.3) is 0 Å². The molecule has 0 spiro atoms. The monoisotopic (exact) mass is 227 g/mol. The summed E-state index contributed by atoms with van der Waals surface area (Å²) >= 11 is 0. The van der Waals surface area contributed by atoms with Gasteiger partial charge < -0.3 is 10.4 Å². The van der Waals surface area contributed by atoms with Crippen LogP contribution in [0.2, 0.25) is 0 Å². The third-order valence-electron chi connectivity index (χ3n) is 2.86. The summed E-state index contributed by atoms with van der Waals surface area (Å²) in [7, 11) is 0. The Morgan fingerprint density at radius 3 is 2.56 bits per heavy atom. The lowest BCUT2D eigenvalue weighted by Crippen LogP contribution is -2.35. The molecule has 1 aromatic carbocycles. The van der Waals surface area contributed by atoms with E-state index in [1.165, 1.54) is 6.07 Å². The standard InChI is InChI=1S/C11H11F2NO2/c12-7-2-1-3-8(13)9(7)6-4-5-14-10(6)11(15)16/h1-3,6,10,14H,4-5H2,(H,15,16). The highest BCUT2D eigenvalue weighted by Crippen LogP contribution is 2.31. The van der Waals surface area contributed by atoms with E-state index in [9.17, 15) is 13.6 Å². The number of benzene rings is 1. The highest BCUT2D eigenvalue weighted by atomic mass is 19.1. The van der Waals surface area contributed by atoms with Crippen molar-refractivity contribution in [2.24, 2.45) is 0 Å². The van der Waals surface area contributed by atoms with Crippen LogP contribution in [0.25, 0.3) is 0 Å². The predicted octanol–water partition coefficient (Wildman–Crippen LogP) is 1.49. The fourth-order valence-corrected chi connectivity index (χ4v) is 2.14. The molecule has 0 saturated carbocycles. The van der Waals surface area contributed by atoms with Crippen molar-refractivity contribution in [3.63, 3.8) is 0 Å². The van der Waals surface area contributed by atoms with Crippen LogP contribution in [0.4, 0.5) is 8.78 Å². The van der Waals surface area contributed by atoms with Crippen LogP contribution in [0.1, 0.15) is 17.9 Å². The Kier molecular flexibility index (Phi) is 2.87. The molecule has 1 aliphatic heterocycles. The summed E-state index contributed by atoms with van der Waals surface area (Å²) in [5.41, 5.74) is -0.125. The number of carboxylic acid groups (broad SMARTS) is 1. The Morgan fingerprint density at radius 1 is 1.38 bits per heavy atom. The fraction of sp³-hybridized carbons (Fsp3) is 0.364. The van der Waals surface area contributed by atoms with Crippen LogP contribution in [0.3, 0.4) is 0 Å². The van der Waals surface area contributed by atoms with Crippen LogP contribution in [0.5, 0.6) is 0 Å². The van der Waals surface area contributed by atoms with Crippen LogP contribution < -0.4 is 5.32 Å². The average Bonchev–Trinajstić information content (AvgIpc) is 2.66. The highest BCUT2D eigenvalue weighted by molar-refractivity contribution is 5.75. The fourth-order valence-electron chi connectivity index (χ4n) is 2.14. The Balaban J connectivity index is 2.40. The number of carboxylic acids is 1. The van der Waals surface area contributed by atoms with E-state index >= 15 is 0 Å². The highest BCUT2D eigenvalue weighted by Gasteiger charge is 2.36. The van der Waals surface area contributed by atoms with Gasteiger partial charge in [-0.25, -0.2) is 8.78 Å². The molecule has 1 aromatic rings. The average molecular weight is 227 g/mol. The number of aliphatic carboxylic acids is 1. The molecule has 1 saturated heterocycles. The molecule has 0 radical (unpaired) electrons. The van der Waals surface area contributed by atoms with Gasteiger partial charge in [0, 0.05) is 11.5 Å². The molecule has 86 valence electrons. The SMILES string of the molecule is O=C(O)C1NCCC1c1c(F)cccc1F. The zero-order chi connectivity index (χ0) is 11.7. The molecule has 2 rings (SSSR count). The van der Waals surface area contributed by atoms with E-state index in [4.69, 9.17) is 5.11 Å². The second-order valence-electron chi connectivity index (χ2n) is 3.80. The van der Waals surface area contributed by atoms with Crippen LogP contribution >= 0.6 is 0 Å². The first-order chi connectivity index (χ1) is 7.61. The van der Waals surface area contributed by atoms with Crippen LogP contribution in [-0.4, -0.2) is 23.7 Å². The summed E-state index contributed by atoms with van der Waals surface area (Å²) < 4.78 is 27.0. The van der Waals surface area contributed by atoms with Crippen molar-refractivity contribution in [1.82, 2.24) is 5.32 Å². The second kappa shape index (κ2) is 4.17. The minimum Gasteiger partial charge on any atom is -0.480 e. The molecule has 2 atom stereocenters. The molecule has 2 unspecified atom stereocenters. The lowest BCUT2D eigenvalue weighted by molar-refractivity contribution is -0.139. The number of halogens is 2. The van der Waals surface area contributed by atoms with Gasteiger partial charge >= 0.3 is 5.97 Å². The zero-order valence-corrected chi connectivity index (χ0v) is 8.41. The van der Waals surface area contributed by atoms with E-state index in [0.717, 1.165) is 12.1 Å². The Hall–Kier alpha value is -1.49. The molecular weight excluding hydrogens is 216 g/mol. The van der Waals surface area contributed by atoms with E-state index in [1.807, 2.05) is 0 Å². The zero-order valence-electron chi connectivity index (χ0n) is 8.41. The van der Waals surface area contributed by atoms with Crippen molar-refractivity contribution in [3.05, 3.63) is 35.4 Å². The maximum Gasteiger partial charge on any atom is 0.321 e. The quantitative estimate of drug-likeness (QED) is 0.804. The van der Waals surface area contributed by atoms with Crippen LogP contribution in [-0.2, 0) is 4.79 Å². The predicted molar refractivity (Wildman–Crippen MR) is 53.1 cm³/mol. The lowest BCUT2D eigenvalue weighted by Gasteiger charge is -2.17. The van der Waals surface area contributed by atoms with Gasteiger partial charge in [0.05, 0.1) is 0 Å². The Morgan fingerprint density at radius 2 is 2.00 bits per heavy atom. The van der Waals surface area contributed by atoms with Crippen molar-refractivity contribution in [2.45, 2.75) is 18.4 Å². The lowest BCUT2D eigenvalue weighted by atomic mass is 9.91. The summed E-state index contributed by atoms with van der Waals surface area (Å²) in [5, 5.41) is 11.6. The minimum atomic E-state index is -1.08. The molecule has 0 aliphatic carbocycles. The molecule has 1 aliphatic rings. The van der Waals surface area contributed by atoms with E-state index in [-0.39, 0.29) is 5.56 Å². The van der Waals surface area contributed by atoms with Crippen molar-refractivity contribution in [2.75, 3.05) is 6.54 Å². The first kappa shape index (κ1) is 11.0. The van der Waals surface area contributed by atoms with Crippen molar-refractivity contribution in [1.29, 1.82) is 0 Å². The van der Waals surface area contributed by atoms with Crippen molar-refractivity contribution < 1.29 is 18.7 Å². The summed E-state index contributed by atoms with van der Waals surface area (Å²) in [4.78, 5) is 10.9. The second-order valence-corrected chi connectivity index (χ2v) is 3.80. The van der Waals surface area contributed by atoms with Crippen molar-refractivity contribution in [3.8, 4) is 0 Å². The van der Waals surface area contributed by atoms with Gasteiger partial charge in [-0.05, 0) is 25.1 Å². The number of rotatable bonds is 2. The largest absolute Gasteiger partial charge is 0.480 e. The Bertz CT molecular complexity index is 402. The summed E-state index contributed by atoms with van der Waals surface area (Å²) in [6, 6.07) is 2.66. The number of hydrogen-bond donors (Lipinski definition) is 2. The maximum absolute atomic E-state index is 13.5. The van der Waals surface area contributed by atoms with E-state index in [2.05, 4.69) is 5.32 Å². The maximum atomic E-state index is 13.5. The molecule has 5 heteroatoms. The first-order valence-electron chi connectivity index (χ1n) is 5.01. The molecular formula is C11H11F2NO2. The summed E-state index contributed by atoms with van der Waals surface area (Å²) in [6.07, 6.45) is 0.425. The third kappa shape index (κ3) is 1.78. The van der Waals surface area contributed by atoms with Gasteiger partial charge in [0.15, 0.2) is 0 Å². The molecule has 1 heterocycles. The topological polar surface area (TPSA) is 49.3 Å².